The van der Waals surface area contributed by atoms with Crippen LogP contribution in [0, 0.1) is 0 Å². The lowest BCUT2D eigenvalue weighted by atomic mass is 10.1. The van der Waals surface area contributed by atoms with Crippen molar-refractivity contribution < 1.29 is 23.7 Å². The predicted octanol–water partition coefficient (Wildman–Crippen LogP) is 5.66. The molecule has 0 aromatic heterocycles. The first-order valence-corrected chi connectivity index (χ1v) is 10.9. The molecule has 2 aromatic carbocycles. The number of ether oxygens (including phenoxy) is 4. The number of hydrogen-bond donors (Lipinski definition) is 0. The zero-order valence-electron chi connectivity index (χ0n) is 19.8. The lowest BCUT2D eigenvalue weighted by Gasteiger charge is -2.24. The van der Waals surface area contributed by atoms with Crippen molar-refractivity contribution in [1.29, 1.82) is 0 Å². The van der Waals surface area contributed by atoms with Gasteiger partial charge in [0.1, 0.15) is 18.0 Å². The lowest BCUT2D eigenvalue weighted by molar-refractivity contribution is 0.0405. The highest BCUT2D eigenvalue weighted by atomic mass is 16.6. The summed E-state index contributed by atoms with van der Waals surface area (Å²) in [4.78, 5) is 13.7. The maximum absolute atomic E-state index is 12.2. The lowest BCUT2D eigenvalue weighted by Crippen LogP contribution is -2.34. The Morgan fingerprint density at radius 3 is 1.94 bits per heavy atom. The van der Waals surface area contributed by atoms with Crippen molar-refractivity contribution in [3.63, 3.8) is 0 Å². The number of rotatable bonds is 11. The van der Waals surface area contributed by atoms with E-state index in [1.807, 2.05) is 88.4 Å². The Labute approximate surface area is 191 Å². The van der Waals surface area contributed by atoms with E-state index in [0.29, 0.717) is 33.0 Å². The fourth-order valence-corrected chi connectivity index (χ4v) is 2.70. The molecule has 0 saturated carbocycles. The minimum atomic E-state index is -0.522. The van der Waals surface area contributed by atoms with E-state index in [1.165, 1.54) is 4.90 Å². The number of carbonyl (C=O) groups is 1. The van der Waals surface area contributed by atoms with Gasteiger partial charge in [-0.2, -0.15) is 0 Å². The zero-order valence-corrected chi connectivity index (χ0v) is 19.8. The molecule has 32 heavy (non-hydrogen) atoms. The van der Waals surface area contributed by atoms with Gasteiger partial charge in [0.25, 0.3) is 0 Å². The third kappa shape index (κ3) is 9.54. The highest BCUT2D eigenvalue weighted by Gasteiger charge is 2.20. The maximum atomic E-state index is 12.2. The molecule has 0 atom stereocenters. The Kier molecular flexibility index (Phi) is 10.2. The van der Waals surface area contributed by atoms with Crippen molar-refractivity contribution in [1.82, 2.24) is 0 Å². The Hall–Kier alpha value is -2.83. The van der Waals surface area contributed by atoms with Gasteiger partial charge >= 0.3 is 6.09 Å². The fraction of sp³-hybridized carbons (Fsp3) is 0.423. The van der Waals surface area contributed by atoms with E-state index in [4.69, 9.17) is 18.9 Å². The molecule has 0 unspecified atom stereocenters. The Morgan fingerprint density at radius 2 is 1.38 bits per heavy atom. The molecule has 0 saturated heterocycles. The van der Waals surface area contributed by atoms with Gasteiger partial charge in [0.2, 0.25) is 0 Å². The van der Waals surface area contributed by atoms with Crippen LogP contribution in [0.3, 0.4) is 0 Å². The quantitative estimate of drug-likeness (QED) is 0.333. The molecule has 174 valence electrons. The molecule has 2 aromatic rings. The van der Waals surface area contributed by atoms with Crippen LogP contribution < -0.4 is 9.64 Å². The molecule has 0 N–H and O–H groups in total. The molecule has 0 heterocycles. The summed E-state index contributed by atoms with van der Waals surface area (Å²) in [6, 6.07) is 15.6. The van der Waals surface area contributed by atoms with Gasteiger partial charge in [0, 0.05) is 19.3 Å². The van der Waals surface area contributed by atoms with Crippen LogP contribution >= 0.6 is 0 Å². The molecule has 0 radical (unpaired) electrons. The maximum Gasteiger partial charge on any atom is 0.414 e. The number of nitrogens with zero attached hydrogens (tertiary/aromatic N) is 1. The Balaban J connectivity index is 1.81. The Bertz CT molecular complexity index is 838. The Morgan fingerprint density at radius 1 is 0.844 bits per heavy atom. The van der Waals surface area contributed by atoms with Gasteiger partial charge < -0.3 is 18.9 Å². The van der Waals surface area contributed by atoms with Gasteiger partial charge in [0.15, 0.2) is 0 Å². The molecule has 0 aliphatic rings. The molecular formula is C26H35NO5. The number of hydrogen-bond acceptors (Lipinski definition) is 5. The third-order valence-corrected chi connectivity index (χ3v) is 4.37. The molecule has 0 bridgehead atoms. The summed E-state index contributed by atoms with van der Waals surface area (Å²) in [5.41, 5.74) is 2.36. The minimum absolute atomic E-state index is 0.375. The SMILES string of the molecule is CCOCCOCCOc1ccc(C=Cc2ccc(N(C)C(=O)OC(C)(C)C)cc2)cc1. The van der Waals surface area contributed by atoms with E-state index in [9.17, 15) is 4.79 Å². The van der Waals surface area contributed by atoms with Crippen LogP contribution in [0.15, 0.2) is 48.5 Å². The summed E-state index contributed by atoms with van der Waals surface area (Å²) in [6.07, 6.45) is 3.69. The van der Waals surface area contributed by atoms with Crippen LogP contribution in [0.2, 0.25) is 0 Å². The average molecular weight is 442 g/mol. The highest BCUT2D eigenvalue weighted by molar-refractivity contribution is 5.87. The largest absolute Gasteiger partial charge is 0.491 e. The van der Waals surface area contributed by atoms with Gasteiger partial charge in [-0.3, -0.25) is 4.90 Å². The van der Waals surface area contributed by atoms with Gasteiger partial charge in [0.05, 0.1) is 19.8 Å². The van der Waals surface area contributed by atoms with Crippen molar-refractivity contribution in [3.05, 3.63) is 59.7 Å². The average Bonchev–Trinajstić information content (AvgIpc) is 2.76. The van der Waals surface area contributed by atoms with E-state index in [1.54, 1.807) is 7.05 Å². The number of anilines is 1. The first-order valence-electron chi connectivity index (χ1n) is 10.9. The molecule has 6 heteroatoms. The molecular weight excluding hydrogens is 406 g/mol. The second-order valence-corrected chi connectivity index (χ2v) is 8.19. The molecule has 2 rings (SSSR count). The normalized spacial score (nSPS) is 11.5. The van der Waals surface area contributed by atoms with Crippen molar-refractivity contribution in [2.75, 3.05) is 45.0 Å². The van der Waals surface area contributed by atoms with Crippen LogP contribution in [0.4, 0.5) is 10.5 Å². The van der Waals surface area contributed by atoms with E-state index in [0.717, 1.165) is 22.6 Å². The van der Waals surface area contributed by atoms with Gasteiger partial charge in [-0.1, -0.05) is 36.4 Å². The standard InChI is InChI=1S/C26H35NO5/c1-6-29-17-18-30-19-20-31-24-15-11-22(12-16-24)8-7-21-9-13-23(14-10-21)27(5)25(28)32-26(2,3)4/h7-16H,6,17-20H2,1-5H3. The molecule has 0 fully saturated rings. The van der Waals surface area contributed by atoms with E-state index in [2.05, 4.69) is 0 Å². The van der Waals surface area contributed by atoms with Crippen LogP contribution in [0.25, 0.3) is 12.2 Å². The topological polar surface area (TPSA) is 57.2 Å². The highest BCUT2D eigenvalue weighted by Crippen LogP contribution is 2.19. The van der Waals surface area contributed by atoms with Gasteiger partial charge in [-0.15, -0.1) is 0 Å². The summed E-state index contributed by atoms with van der Waals surface area (Å²) in [6.45, 7) is 10.5. The van der Waals surface area contributed by atoms with Crippen LogP contribution in [-0.2, 0) is 14.2 Å². The number of carbonyl (C=O) groups excluding carboxylic acids is 1. The second kappa shape index (κ2) is 12.9. The third-order valence-electron chi connectivity index (χ3n) is 4.37. The monoisotopic (exact) mass is 441 g/mol. The molecule has 0 aliphatic carbocycles. The number of benzene rings is 2. The van der Waals surface area contributed by atoms with Crippen LogP contribution in [0.1, 0.15) is 38.8 Å². The molecule has 0 aliphatic heterocycles. The summed E-state index contributed by atoms with van der Waals surface area (Å²) >= 11 is 0. The van der Waals surface area contributed by atoms with E-state index in [-0.39, 0.29) is 6.09 Å². The smallest absolute Gasteiger partial charge is 0.414 e. The zero-order chi connectivity index (χ0) is 23.4. The summed E-state index contributed by atoms with van der Waals surface area (Å²) < 4.78 is 21.7. The van der Waals surface area contributed by atoms with Crippen LogP contribution in [0.5, 0.6) is 5.75 Å². The second-order valence-electron chi connectivity index (χ2n) is 8.19. The molecule has 0 spiro atoms. The summed E-state index contributed by atoms with van der Waals surface area (Å²) in [7, 11) is 1.70. The fourth-order valence-electron chi connectivity index (χ4n) is 2.70. The van der Waals surface area contributed by atoms with Crippen LogP contribution in [-0.4, -0.2) is 51.8 Å². The molecule has 1 amide bonds. The number of amides is 1. The summed E-state index contributed by atoms with van der Waals surface area (Å²) in [5, 5.41) is 0. The van der Waals surface area contributed by atoms with Gasteiger partial charge in [-0.25, -0.2) is 4.79 Å². The first kappa shape index (κ1) is 25.4. The van der Waals surface area contributed by atoms with E-state index >= 15 is 0 Å². The van der Waals surface area contributed by atoms with Crippen molar-refractivity contribution in [3.8, 4) is 5.75 Å². The van der Waals surface area contributed by atoms with E-state index < -0.39 is 5.60 Å². The van der Waals surface area contributed by atoms with Gasteiger partial charge in [-0.05, 0) is 63.1 Å². The molecule has 6 nitrogen and oxygen atoms in total. The summed E-state index contributed by atoms with van der Waals surface area (Å²) in [5.74, 6) is 0.810. The van der Waals surface area contributed by atoms with Crippen molar-refractivity contribution in [2.24, 2.45) is 0 Å². The minimum Gasteiger partial charge on any atom is -0.491 e. The van der Waals surface area contributed by atoms with Crippen molar-refractivity contribution in [2.45, 2.75) is 33.3 Å². The predicted molar refractivity (Wildman–Crippen MR) is 129 cm³/mol. The first-order chi connectivity index (χ1) is 15.3. The van der Waals surface area contributed by atoms with Crippen molar-refractivity contribution >= 4 is 23.9 Å².